The summed E-state index contributed by atoms with van der Waals surface area (Å²) in [6, 6.07) is 14.5. The molecule has 2 saturated heterocycles. The van der Waals surface area contributed by atoms with E-state index in [9.17, 15) is 0 Å². The van der Waals surface area contributed by atoms with Crippen LogP contribution in [0.2, 0.25) is 0 Å². The van der Waals surface area contributed by atoms with Crippen LogP contribution in [-0.4, -0.2) is 27.6 Å². The minimum Gasteiger partial charge on any atom is -0.344 e. The van der Waals surface area contributed by atoms with Crippen molar-refractivity contribution in [3.8, 4) is 0 Å². The molecule has 152 valence electrons. The number of piperidine rings is 2. The average molecular weight is 379 g/mol. The van der Waals surface area contributed by atoms with E-state index in [1.54, 1.807) is 0 Å². The van der Waals surface area contributed by atoms with Crippen molar-refractivity contribution >= 4 is 10.9 Å². The van der Waals surface area contributed by atoms with Crippen molar-refractivity contribution in [3.63, 3.8) is 0 Å². The van der Waals surface area contributed by atoms with Crippen LogP contribution in [-0.2, 0) is 0 Å². The topological polar surface area (TPSA) is 8.17 Å². The second-order valence-electron chi connectivity index (χ2n) is 9.80. The Morgan fingerprint density at radius 3 is 1.89 bits per heavy atom. The number of benzene rings is 1. The summed E-state index contributed by atoms with van der Waals surface area (Å²) in [6.07, 6.45) is 22.6. The number of para-hydroxylation sites is 1. The molecule has 3 fully saturated rings. The van der Waals surface area contributed by atoms with E-state index in [0.717, 1.165) is 18.1 Å². The molecule has 0 N–H and O–H groups in total. The highest BCUT2D eigenvalue weighted by Gasteiger charge is 2.41. The number of hydrogen-bond acceptors (Lipinski definition) is 1. The van der Waals surface area contributed by atoms with Crippen LogP contribution in [0, 0.1) is 0 Å². The van der Waals surface area contributed by atoms with Gasteiger partial charge in [0.2, 0.25) is 0 Å². The van der Waals surface area contributed by atoms with Gasteiger partial charge in [0.1, 0.15) is 0 Å². The molecule has 2 nitrogen and oxygen atoms in total. The Balaban J connectivity index is 1.34. The zero-order valence-electron chi connectivity index (χ0n) is 17.6. The number of aromatic nitrogens is 1. The van der Waals surface area contributed by atoms with E-state index in [2.05, 4.69) is 46.0 Å². The maximum absolute atomic E-state index is 3.06. The molecule has 1 aromatic heterocycles. The van der Waals surface area contributed by atoms with Gasteiger partial charge in [-0.2, -0.15) is 0 Å². The fourth-order valence-electron chi connectivity index (χ4n) is 6.72. The van der Waals surface area contributed by atoms with Crippen LogP contribution < -0.4 is 0 Å². The highest BCUT2D eigenvalue weighted by Crippen LogP contribution is 2.43. The molecule has 3 aliphatic rings. The van der Waals surface area contributed by atoms with E-state index in [-0.39, 0.29) is 0 Å². The first-order valence-electron chi connectivity index (χ1n) is 12.2. The van der Waals surface area contributed by atoms with Crippen LogP contribution in [0.25, 0.3) is 10.9 Å². The molecular weight excluding hydrogens is 340 g/mol. The van der Waals surface area contributed by atoms with Gasteiger partial charge in [0, 0.05) is 35.9 Å². The summed E-state index contributed by atoms with van der Waals surface area (Å²) in [6.45, 7) is 0. The largest absolute Gasteiger partial charge is 0.344 e. The van der Waals surface area contributed by atoms with Crippen molar-refractivity contribution < 1.29 is 0 Å². The fourth-order valence-corrected chi connectivity index (χ4v) is 6.72. The van der Waals surface area contributed by atoms with Gasteiger partial charge in [-0.25, -0.2) is 0 Å². The molecule has 2 bridgehead atoms. The van der Waals surface area contributed by atoms with E-state index in [0.29, 0.717) is 6.04 Å². The first kappa shape index (κ1) is 18.7. The lowest BCUT2D eigenvalue weighted by atomic mass is 9.79. The molecule has 0 amide bonds. The summed E-state index contributed by atoms with van der Waals surface area (Å²) in [5.41, 5.74) is 1.44. The molecule has 28 heavy (non-hydrogen) atoms. The maximum Gasteiger partial charge on any atom is 0.0482 e. The van der Waals surface area contributed by atoms with Crippen LogP contribution in [0.5, 0.6) is 0 Å². The zero-order valence-corrected chi connectivity index (χ0v) is 17.6. The molecule has 2 aromatic rings. The molecule has 2 heteroatoms. The van der Waals surface area contributed by atoms with Crippen LogP contribution in [0.3, 0.4) is 0 Å². The third kappa shape index (κ3) is 3.77. The van der Waals surface area contributed by atoms with Crippen LogP contribution in [0.1, 0.15) is 95.9 Å². The van der Waals surface area contributed by atoms with Crippen molar-refractivity contribution in [1.82, 2.24) is 9.47 Å². The van der Waals surface area contributed by atoms with Gasteiger partial charge >= 0.3 is 0 Å². The lowest BCUT2D eigenvalue weighted by molar-refractivity contribution is -0.0234. The van der Waals surface area contributed by atoms with Crippen molar-refractivity contribution in [3.05, 3.63) is 36.5 Å². The van der Waals surface area contributed by atoms with Gasteiger partial charge in [0.25, 0.3) is 0 Å². The highest BCUT2D eigenvalue weighted by atomic mass is 15.2. The second kappa shape index (κ2) is 8.61. The molecular formula is C26H38N2. The summed E-state index contributed by atoms with van der Waals surface area (Å²) in [5.74, 6) is 0. The van der Waals surface area contributed by atoms with Gasteiger partial charge in [-0.15, -0.1) is 0 Å². The van der Waals surface area contributed by atoms with E-state index < -0.39 is 0 Å². The molecule has 2 aliphatic heterocycles. The maximum atomic E-state index is 3.06. The van der Waals surface area contributed by atoms with Crippen molar-refractivity contribution in [2.45, 2.75) is 114 Å². The number of nitrogens with zero attached hydrogens (tertiary/aromatic N) is 2. The lowest BCUT2D eigenvalue weighted by Crippen LogP contribution is -2.56. The predicted molar refractivity (Wildman–Crippen MR) is 119 cm³/mol. The molecule has 5 rings (SSSR count). The summed E-state index contributed by atoms with van der Waals surface area (Å²) in [7, 11) is 0. The first-order chi connectivity index (χ1) is 13.9. The SMILES string of the molecule is c1ccc2c(c1)ccn2[C@H]1C[C@H]2CCC[C@@H](C1)N2C1CCCCCCCCC1. The predicted octanol–water partition coefficient (Wildman–Crippen LogP) is 7.09. The van der Waals surface area contributed by atoms with Crippen LogP contribution in [0.4, 0.5) is 0 Å². The molecule has 0 radical (unpaired) electrons. The molecule has 1 aliphatic carbocycles. The minimum absolute atomic E-state index is 0.700. The number of fused-ring (bicyclic) bond motifs is 3. The van der Waals surface area contributed by atoms with Crippen LogP contribution in [0.15, 0.2) is 36.5 Å². The zero-order chi connectivity index (χ0) is 18.8. The van der Waals surface area contributed by atoms with E-state index >= 15 is 0 Å². The Morgan fingerprint density at radius 2 is 1.18 bits per heavy atom. The Hall–Kier alpha value is -1.28. The van der Waals surface area contributed by atoms with Gasteiger partial charge < -0.3 is 4.57 Å². The lowest BCUT2D eigenvalue weighted by Gasteiger charge is -2.53. The minimum atomic E-state index is 0.700. The van der Waals surface area contributed by atoms with Gasteiger partial charge in [-0.3, -0.25) is 4.90 Å². The van der Waals surface area contributed by atoms with Crippen LogP contribution >= 0.6 is 0 Å². The van der Waals surface area contributed by atoms with Gasteiger partial charge in [0.05, 0.1) is 0 Å². The number of rotatable bonds is 2. The Bertz CT molecular complexity index is 739. The fraction of sp³-hybridized carbons (Fsp3) is 0.692. The third-order valence-corrected chi connectivity index (χ3v) is 8.03. The van der Waals surface area contributed by atoms with E-state index in [1.165, 1.54) is 101 Å². The molecule has 1 saturated carbocycles. The molecule has 3 atom stereocenters. The van der Waals surface area contributed by atoms with E-state index in [4.69, 9.17) is 0 Å². The van der Waals surface area contributed by atoms with Crippen molar-refractivity contribution in [2.24, 2.45) is 0 Å². The normalized spacial score (nSPS) is 31.1. The highest BCUT2D eigenvalue weighted by molar-refractivity contribution is 5.80. The van der Waals surface area contributed by atoms with Gasteiger partial charge in [0.15, 0.2) is 0 Å². The smallest absolute Gasteiger partial charge is 0.0482 e. The van der Waals surface area contributed by atoms with Crippen molar-refractivity contribution in [2.75, 3.05) is 0 Å². The van der Waals surface area contributed by atoms with Gasteiger partial charge in [-0.05, 0) is 56.0 Å². The Kier molecular flexibility index (Phi) is 5.76. The average Bonchev–Trinajstić information content (AvgIpc) is 3.15. The third-order valence-electron chi connectivity index (χ3n) is 8.03. The van der Waals surface area contributed by atoms with Gasteiger partial charge in [-0.1, -0.05) is 69.6 Å². The van der Waals surface area contributed by atoms with Crippen molar-refractivity contribution in [1.29, 1.82) is 0 Å². The quantitative estimate of drug-likeness (QED) is 0.541. The first-order valence-corrected chi connectivity index (χ1v) is 12.2. The van der Waals surface area contributed by atoms with E-state index in [1.807, 2.05) is 0 Å². The standard InChI is InChI=1S/C26H38N2/c1-2-4-6-12-22(13-7-5-3-1)28-23-14-10-15-24(28)20-25(19-23)27-18-17-21-11-8-9-16-26(21)27/h8-9,11,16-18,22-25H,1-7,10,12-15,19-20H2/t23-,24+,25+. The molecule has 0 unspecified atom stereocenters. The summed E-state index contributed by atoms with van der Waals surface area (Å²) < 4.78 is 2.62. The Morgan fingerprint density at radius 1 is 0.571 bits per heavy atom. The summed E-state index contributed by atoms with van der Waals surface area (Å²) in [4.78, 5) is 3.06. The summed E-state index contributed by atoms with van der Waals surface area (Å²) in [5, 5.41) is 1.41. The number of hydrogen-bond donors (Lipinski definition) is 0. The Labute approximate surface area is 171 Å². The summed E-state index contributed by atoms with van der Waals surface area (Å²) >= 11 is 0. The monoisotopic (exact) mass is 378 g/mol. The second-order valence-corrected chi connectivity index (χ2v) is 9.80. The molecule has 3 heterocycles. The molecule has 0 spiro atoms. The molecule has 1 aromatic carbocycles.